The summed E-state index contributed by atoms with van der Waals surface area (Å²) in [7, 11) is 5.13. The molecule has 0 saturated carbocycles. The SMILES string of the molecule is COc1ccc(CN2CC[C@@H](NC(=O)c3cc(-c4cnn(C)c4)cnc3N)C2)c(OC)c1. The number of nitrogen functional groups attached to an aromatic ring is 1. The van der Waals surface area contributed by atoms with Crippen molar-refractivity contribution in [2.45, 2.75) is 19.0 Å². The summed E-state index contributed by atoms with van der Waals surface area (Å²) in [6.07, 6.45) is 6.12. The molecule has 32 heavy (non-hydrogen) atoms. The minimum absolute atomic E-state index is 0.0354. The van der Waals surface area contributed by atoms with Gasteiger partial charge in [-0.2, -0.15) is 5.10 Å². The van der Waals surface area contributed by atoms with Crippen LogP contribution in [0, 0.1) is 0 Å². The maximum absolute atomic E-state index is 12.9. The van der Waals surface area contributed by atoms with Gasteiger partial charge in [-0.15, -0.1) is 0 Å². The van der Waals surface area contributed by atoms with Crippen molar-refractivity contribution >= 4 is 11.7 Å². The summed E-state index contributed by atoms with van der Waals surface area (Å²) in [6, 6.07) is 7.63. The number of hydrogen-bond donors (Lipinski definition) is 2. The summed E-state index contributed by atoms with van der Waals surface area (Å²) in [6.45, 7) is 2.36. The molecule has 0 unspecified atom stereocenters. The summed E-state index contributed by atoms with van der Waals surface area (Å²) in [5.74, 6) is 1.56. The number of amides is 1. The molecule has 9 heteroatoms. The van der Waals surface area contributed by atoms with Gasteiger partial charge in [0.2, 0.25) is 0 Å². The number of carbonyl (C=O) groups is 1. The average Bonchev–Trinajstić information content (AvgIpc) is 3.43. The first kappa shape index (κ1) is 21.6. The smallest absolute Gasteiger partial charge is 0.255 e. The molecule has 1 fully saturated rings. The highest BCUT2D eigenvalue weighted by Gasteiger charge is 2.26. The lowest BCUT2D eigenvalue weighted by atomic mass is 10.1. The molecule has 3 aromatic rings. The van der Waals surface area contributed by atoms with Crippen LogP contribution in [0.25, 0.3) is 11.1 Å². The van der Waals surface area contributed by atoms with Gasteiger partial charge >= 0.3 is 0 Å². The predicted octanol–water partition coefficient (Wildman–Crippen LogP) is 2.09. The zero-order chi connectivity index (χ0) is 22.7. The van der Waals surface area contributed by atoms with Crippen molar-refractivity contribution in [1.29, 1.82) is 0 Å². The Labute approximate surface area is 187 Å². The molecule has 3 N–H and O–H groups in total. The van der Waals surface area contributed by atoms with E-state index in [1.807, 2.05) is 31.4 Å². The van der Waals surface area contributed by atoms with Crippen molar-refractivity contribution in [3.05, 3.63) is 54.0 Å². The Kier molecular flexibility index (Phi) is 6.27. The van der Waals surface area contributed by atoms with Gasteiger partial charge in [0.1, 0.15) is 17.3 Å². The number of methoxy groups -OCH3 is 2. The van der Waals surface area contributed by atoms with Gasteiger partial charge in [-0.05, 0) is 18.6 Å². The maximum atomic E-state index is 12.9. The first-order chi connectivity index (χ1) is 15.5. The fourth-order valence-corrected chi connectivity index (χ4v) is 3.97. The highest BCUT2D eigenvalue weighted by Crippen LogP contribution is 2.27. The molecule has 2 aromatic heterocycles. The number of nitrogens with two attached hydrogens (primary N) is 1. The topological polar surface area (TPSA) is 108 Å². The highest BCUT2D eigenvalue weighted by molar-refractivity contribution is 5.99. The number of carbonyl (C=O) groups excluding carboxylic acids is 1. The zero-order valence-corrected chi connectivity index (χ0v) is 18.5. The van der Waals surface area contributed by atoms with Crippen LogP contribution in [0.2, 0.25) is 0 Å². The number of rotatable bonds is 7. The molecule has 1 saturated heterocycles. The Hall–Kier alpha value is -3.59. The summed E-state index contributed by atoms with van der Waals surface area (Å²) >= 11 is 0. The first-order valence-corrected chi connectivity index (χ1v) is 10.5. The molecule has 4 rings (SSSR count). The Morgan fingerprint density at radius 3 is 2.78 bits per heavy atom. The second-order valence-electron chi connectivity index (χ2n) is 7.93. The van der Waals surface area contributed by atoms with E-state index in [9.17, 15) is 4.79 Å². The Morgan fingerprint density at radius 2 is 2.06 bits per heavy atom. The van der Waals surface area contributed by atoms with Crippen LogP contribution >= 0.6 is 0 Å². The molecule has 0 aliphatic carbocycles. The van der Waals surface area contributed by atoms with Gasteiger partial charge in [-0.3, -0.25) is 14.4 Å². The van der Waals surface area contributed by atoms with Gasteiger partial charge in [0.15, 0.2) is 0 Å². The minimum Gasteiger partial charge on any atom is -0.497 e. The number of anilines is 1. The normalized spacial score (nSPS) is 16.2. The largest absolute Gasteiger partial charge is 0.497 e. The van der Waals surface area contributed by atoms with Crippen molar-refractivity contribution in [2.24, 2.45) is 7.05 Å². The van der Waals surface area contributed by atoms with E-state index in [-0.39, 0.29) is 17.8 Å². The van der Waals surface area contributed by atoms with Crippen LogP contribution < -0.4 is 20.5 Å². The van der Waals surface area contributed by atoms with E-state index >= 15 is 0 Å². The van der Waals surface area contributed by atoms with E-state index in [2.05, 4.69) is 20.3 Å². The van der Waals surface area contributed by atoms with Gasteiger partial charge < -0.3 is 20.5 Å². The number of nitrogens with zero attached hydrogens (tertiary/aromatic N) is 4. The zero-order valence-electron chi connectivity index (χ0n) is 18.5. The van der Waals surface area contributed by atoms with Gasteiger partial charge in [0.05, 0.1) is 26.0 Å². The van der Waals surface area contributed by atoms with Gasteiger partial charge in [-0.1, -0.05) is 6.07 Å². The predicted molar refractivity (Wildman–Crippen MR) is 122 cm³/mol. The lowest BCUT2D eigenvalue weighted by Crippen LogP contribution is -2.37. The van der Waals surface area contributed by atoms with Gasteiger partial charge in [-0.25, -0.2) is 4.98 Å². The minimum atomic E-state index is -0.213. The Bertz CT molecular complexity index is 1110. The fraction of sp³-hybridized carbons (Fsp3) is 0.348. The number of aryl methyl sites for hydroxylation is 1. The summed E-state index contributed by atoms with van der Waals surface area (Å²) in [4.78, 5) is 19.4. The van der Waals surface area contributed by atoms with E-state index in [4.69, 9.17) is 15.2 Å². The van der Waals surface area contributed by atoms with Crippen LogP contribution in [0.3, 0.4) is 0 Å². The standard InChI is InChI=1S/C23H28N6O3/c1-28-12-17(11-26-28)16-8-20(22(24)25-10-16)23(30)27-18-6-7-29(14-18)13-15-4-5-19(31-2)9-21(15)32-3/h4-5,8-12,18H,6-7,13-14H2,1-3H3,(H2,24,25)(H,27,30)/t18-/m1/s1. The third-order valence-electron chi connectivity index (χ3n) is 5.70. The third kappa shape index (κ3) is 4.67. The first-order valence-electron chi connectivity index (χ1n) is 10.5. The van der Waals surface area contributed by atoms with Crippen LogP contribution in [0.4, 0.5) is 5.82 Å². The van der Waals surface area contributed by atoms with Crippen LogP contribution in [-0.4, -0.2) is 58.9 Å². The molecule has 0 bridgehead atoms. The Morgan fingerprint density at radius 1 is 1.22 bits per heavy atom. The van der Waals surface area contributed by atoms with Crippen LogP contribution in [-0.2, 0) is 13.6 Å². The van der Waals surface area contributed by atoms with Crippen LogP contribution in [0.5, 0.6) is 11.5 Å². The van der Waals surface area contributed by atoms with Crippen LogP contribution in [0.1, 0.15) is 22.3 Å². The molecule has 9 nitrogen and oxygen atoms in total. The maximum Gasteiger partial charge on any atom is 0.255 e. The number of hydrogen-bond acceptors (Lipinski definition) is 7. The lowest BCUT2D eigenvalue weighted by Gasteiger charge is -2.19. The van der Waals surface area contributed by atoms with Crippen LogP contribution in [0.15, 0.2) is 42.9 Å². The number of likely N-dealkylation sites (tertiary alicyclic amines) is 1. The van der Waals surface area contributed by atoms with Crippen molar-refractivity contribution in [2.75, 3.05) is 33.0 Å². The summed E-state index contributed by atoms with van der Waals surface area (Å²) in [5.41, 5.74) is 9.15. The fourth-order valence-electron chi connectivity index (χ4n) is 3.97. The number of pyridine rings is 1. The van der Waals surface area contributed by atoms with Crippen molar-refractivity contribution in [3.8, 4) is 22.6 Å². The quantitative estimate of drug-likeness (QED) is 0.584. The van der Waals surface area contributed by atoms with E-state index in [1.54, 1.807) is 37.4 Å². The number of aromatic nitrogens is 3. The molecular formula is C23H28N6O3. The molecule has 3 heterocycles. The highest BCUT2D eigenvalue weighted by atomic mass is 16.5. The number of ether oxygens (including phenoxy) is 2. The molecular weight excluding hydrogens is 408 g/mol. The van der Waals surface area contributed by atoms with E-state index in [0.717, 1.165) is 54.2 Å². The number of benzene rings is 1. The van der Waals surface area contributed by atoms with E-state index in [1.165, 1.54) is 0 Å². The van der Waals surface area contributed by atoms with Crippen molar-refractivity contribution in [1.82, 2.24) is 25.0 Å². The summed E-state index contributed by atoms with van der Waals surface area (Å²) < 4.78 is 12.5. The molecule has 1 aliphatic rings. The number of nitrogens with one attached hydrogen (secondary N) is 1. The second kappa shape index (κ2) is 9.27. The molecule has 0 spiro atoms. The average molecular weight is 437 g/mol. The second-order valence-corrected chi connectivity index (χ2v) is 7.93. The van der Waals surface area contributed by atoms with Gasteiger partial charge in [0, 0.05) is 67.9 Å². The van der Waals surface area contributed by atoms with Gasteiger partial charge in [0.25, 0.3) is 5.91 Å². The molecule has 0 radical (unpaired) electrons. The Balaban J connectivity index is 1.40. The molecule has 1 amide bonds. The third-order valence-corrected chi connectivity index (χ3v) is 5.70. The molecule has 1 atom stereocenters. The van der Waals surface area contributed by atoms with Crippen molar-refractivity contribution < 1.29 is 14.3 Å². The van der Waals surface area contributed by atoms with Crippen molar-refractivity contribution in [3.63, 3.8) is 0 Å². The molecule has 1 aliphatic heterocycles. The molecule has 168 valence electrons. The summed E-state index contributed by atoms with van der Waals surface area (Å²) in [5, 5.41) is 7.28. The van der Waals surface area contributed by atoms with E-state index < -0.39 is 0 Å². The molecule has 1 aromatic carbocycles. The lowest BCUT2D eigenvalue weighted by molar-refractivity contribution is 0.0938. The monoisotopic (exact) mass is 436 g/mol. The van der Waals surface area contributed by atoms with E-state index in [0.29, 0.717) is 5.56 Å².